The minimum absolute atomic E-state index is 0.0786. The summed E-state index contributed by atoms with van der Waals surface area (Å²) in [5.41, 5.74) is 1.57. The zero-order valence-electron chi connectivity index (χ0n) is 10.3. The quantitative estimate of drug-likeness (QED) is 0.911. The Morgan fingerprint density at radius 1 is 1.53 bits per heavy atom. The maximum Gasteiger partial charge on any atom is 0.263 e. The van der Waals surface area contributed by atoms with E-state index in [-0.39, 0.29) is 19.1 Å². The number of aryl methyl sites for hydroxylation is 1. The first kappa shape index (κ1) is 14.0. The van der Waals surface area contributed by atoms with Crippen LogP contribution in [0.2, 0.25) is 5.02 Å². The van der Waals surface area contributed by atoms with E-state index in [0.29, 0.717) is 15.6 Å². The van der Waals surface area contributed by atoms with Gasteiger partial charge in [0.15, 0.2) is 0 Å². The number of amides is 1. The molecule has 0 saturated carbocycles. The zero-order valence-corrected chi connectivity index (χ0v) is 11.9. The lowest BCUT2D eigenvalue weighted by Gasteiger charge is -2.00. The Labute approximate surface area is 120 Å². The van der Waals surface area contributed by atoms with Gasteiger partial charge < -0.3 is 10.4 Å². The van der Waals surface area contributed by atoms with Crippen LogP contribution in [0, 0.1) is 6.92 Å². The van der Waals surface area contributed by atoms with E-state index < -0.39 is 0 Å². The highest BCUT2D eigenvalue weighted by molar-refractivity contribution is 7.17. The molecule has 0 spiro atoms. The molecule has 0 aliphatic heterocycles. The third-order valence-corrected chi connectivity index (χ3v) is 3.91. The highest BCUT2D eigenvalue weighted by atomic mass is 35.5. The van der Waals surface area contributed by atoms with Crippen LogP contribution in [0.1, 0.15) is 15.4 Å². The topological polar surface area (TPSA) is 62.2 Å². The fourth-order valence-electron chi connectivity index (χ4n) is 1.60. The number of nitrogens with one attached hydrogen (secondary N) is 1. The average molecular weight is 297 g/mol. The van der Waals surface area contributed by atoms with Gasteiger partial charge in [-0.3, -0.25) is 4.79 Å². The second-order valence-electron chi connectivity index (χ2n) is 3.92. The van der Waals surface area contributed by atoms with Crippen molar-refractivity contribution in [1.29, 1.82) is 0 Å². The summed E-state index contributed by atoms with van der Waals surface area (Å²) >= 11 is 7.26. The van der Waals surface area contributed by atoms with E-state index in [9.17, 15) is 4.79 Å². The summed E-state index contributed by atoms with van der Waals surface area (Å²) in [5, 5.41) is 12.7. The molecule has 1 heterocycles. The number of benzene rings is 1. The Morgan fingerprint density at radius 3 is 3.00 bits per heavy atom. The van der Waals surface area contributed by atoms with Crippen LogP contribution >= 0.6 is 22.9 Å². The SMILES string of the molecule is Cc1nc(-c2cccc(Cl)c2)sc1C(=O)NCCO. The lowest BCUT2D eigenvalue weighted by molar-refractivity contribution is 0.0948. The number of hydrogen-bond donors (Lipinski definition) is 2. The van der Waals surface area contributed by atoms with E-state index in [4.69, 9.17) is 16.7 Å². The molecule has 0 radical (unpaired) electrons. The fourth-order valence-corrected chi connectivity index (χ4v) is 2.77. The van der Waals surface area contributed by atoms with E-state index in [0.717, 1.165) is 10.6 Å². The van der Waals surface area contributed by atoms with Crippen LogP contribution in [-0.2, 0) is 0 Å². The highest BCUT2D eigenvalue weighted by Crippen LogP contribution is 2.29. The maximum absolute atomic E-state index is 11.9. The van der Waals surface area contributed by atoms with E-state index in [2.05, 4.69) is 10.3 Å². The molecule has 0 bridgehead atoms. The van der Waals surface area contributed by atoms with Gasteiger partial charge in [-0.15, -0.1) is 11.3 Å². The number of carbonyl (C=O) groups is 1. The lowest BCUT2D eigenvalue weighted by Crippen LogP contribution is -2.26. The molecule has 2 aromatic rings. The minimum atomic E-state index is -0.211. The van der Waals surface area contributed by atoms with Gasteiger partial charge in [0.1, 0.15) is 9.88 Å². The van der Waals surface area contributed by atoms with Gasteiger partial charge in [0, 0.05) is 17.1 Å². The van der Waals surface area contributed by atoms with E-state index in [1.165, 1.54) is 11.3 Å². The van der Waals surface area contributed by atoms with Crippen LogP contribution in [0.15, 0.2) is 24.3 Å². The summed E-state index contributed by atoms with van der Waals surface area (Å²) in [5.74, 6) is -0.211. The third kappa shape index (κ3) is 3.32. The monoisotopic (exact) mass is 296 g/mol. The van der Waals surface area contributed by atoms with Crippen LogP contribution < -0.4 is 5.32 Å². The first-order valence-corrected chi connectivity index (χ1v) is 6.93. The molecular formula is C13H13ClN2O2S. The minimum Gasteiger partial charge on any atom is -0.395 e. The predicted molar refractivity (Wildman–Crippen MR) is 76.7 cm³/mol. The van der Waals surface area contributed by atoms with Crippen molar-refractivity contribution in [3.05, 3.63) is 39.9 Å². The molecule has 6 heteroatoms. The van der Waals surface area contributed by atoms with Crippen molar-refractivity contribution in [3.8, 4) is 10.6 Å². The van der Waals surface area contributed by atoms with Gasteiger partial charge in [0.25, 0.3) is 5.91 Å². The molecular weight excluding hydrogens is 284 g/mol. The maximum atomic E-state index is 11.9. The number of aliphatic hydroxyl groups is 1. The summed E-state index contributed by atoms with van der Waals surface area (Å²) < 4.78 is 0. The Morgan fingerprint density at radius 2 is 2.32 bits per heavy atom. The number of hydrogen-bond acceptors (Lipinski definition) is 4. The second-order valence-corrected chi connectivity index (χ2v) is 5.36. The number of nitrogens with zero attached hydrogens (tertiary/aromatic N) is 1. The molecule has 1 amide bonds. The van der Waals surface area contributed by atoms with Gasteiger partial charge in [-0.2, -0.15) is 0 Å². The molecule has 0 fully saturated rings. The van der Waals surface area contributed by atoms with Crippen LogP contribution in [0.3, 0.4) is 0 Å². The molecule has 0 atom stereocenters. The van der Waals surface area contributed by atoms with E-state index in [1.807, 2.05) is 18.2 Å². The number of aliphatic hydroxyl groups excluding tert-OH is 1. The summed E-state index contributed by atoms with van der Waals surface area (Å²) in [6.07, 6.45) is 0. The molecule has 0 aliphatic rings. The normalized spacial score (nSPS) is 10.5. The summed E-state index contributed by atoms with van der Waals surface area (Å²) in [6, 6.07) is 7.36. The van der Waals surface area contributed by atoms with E-state index in [1.54, 1.807) is 13.0 Å². The Bertz CT molecular complexity index is 598. The van der Waals surface area contributed by atoms with Crippen molar-refractivity contribution in [2.24, 2.45) is 0 Å². The number of rotatable bonds is 4. The number of thiazole rings is 1. The number of halogens is 1. The van der Waals surface area contributed by atoms with Crippen molar-refractivity contribution in [1.82, 2.24) is 10.3 Å². The highest BCUT2D eigenvalue weighted by Gasteiger charge is 2.15. The van der Waals surface area contributed by atoms with Crippen LogP contribution in [-0.4, -0.2) is 29.1 Å². The van der Waals surface area contributed by atoms with Gasteiger partial charge in [-0.25, -0.2) is 4.98 Å². The molecule has 19 heavy (non-hydrogen) atoms. The Kier molecular flexibility index (Phi) is 4.52. The van der Waals surface area contributed by atoms with Gasteiger partial charge >= 0.3 is 0 Å². The molecule has 100 valence electrons. The van der Waals surface area contributed by atoms with Crippen molar-refractivity contribution in [2.45, 2.75) is 6.92 Å². The van der Waals surface area contributed by atoms with Crippen LogP contribution in [0.4, 0.5) is 0 Å². The van der Waals surface area contributed by atoms with Crippen LogP contribution in [0.25, 0.3) is 10.6 Å². The molecule has 0 aliphatic carbocycles. The summed E-state index contributed by atoms with van der Waals surface area (Å²) in [6.45, 7) is 1.95. The Balaban J connectivity index is 2.28. The average Bonchev–Trinajstić information content (AvgIpc) is 2.78. The summed E-state index contributed by atoms with van der Waals surface area (Å²) in [4.78, 5) is 16.8. The predicted octanol–water partition coefficient (Wildman–Crippen LogP) is 2.49. The molecule has 1 aromatic carbocycles. The van der Waals surface area contributed by atoms with Gasteiger partial charge in [0.05, 0.1) is 12.3 Å². The standard InChI is InChI=1S/C13H13ClN2O2S/c1-8-11(12(18)15-5-6-17)19-13(16-8)9-3-2-4-10(14)7-9/h2-4,7,17H,5-6H2,1H3,(H,15,18). The Hall–Kier alpha value is -1.43. The first-order valence-electron chi connectivity index (χ1n) is 5.74. The zero-order chi connectivity index (χ0) is 13.8. The molecule has 2 N–H and O–H groups in total. The lowest BCUT2D eigenvalue weighted by atomic mass is 10.2. The molecule has 2 rings (SSSR count). The number of aromatic nitrogens is 1. The van der Waals surface area contributed by atoms with Crippen molar-refractivity contribution in [2.75, 3.05) is 13.2 Å². The van der Waals surface area contributed by atoms with Crippen molar-refractivity contribution in [3.63, 3.8) is 0 Å². The molecule has 0 unspecified atom stereocenters. The van der Waals surface area contributed by atoms with Crippen molar-refractivity contribution >= 4 is 28.8 Å². The molecule has 1 aromatic heterocycles. The fraction of sp³-hybridized carbons (Fsp3) is 0.231. The van der Waals surface area contributed by atoms with Gasteiger partial charge in [-0.05, 0) is 19.1 Å². The summed E-state index contributed by atoms with van der Waals surface area (Å²) in [7, 11) is 0. The number of carbonyl (C=O) groups excluding carboxylic acids is 1. The van der Waals surface area contributed by atoms with Crippen molar-refractivity contribution < 1.29 is 9.90 Å². The first-order chi connectivity index (χ1) is 9.11. The second kappa shape index (κ2) is 6.14. The van der Waals surface area contributed by atoms with E-state index >= 15 is 0 Å². The molecule has 4 nitrogen and oxygen atoms in total. The molecule has 0 saturated heterocycles. The van der Waals surface area contributed by atoms with Crippen LogP contribution in [0.5, 0.6) is 0 Å². The smallest absolute Gasteiger partial charge is 0.263 e. The largest absolute Gasteiger partial charge is 0.395 e. The third-order valence-electron chi connectivity index (χ3n) is 2.47. The van der Waals surface area contributed by atoms with Gasteiger partial charge in [0.2, 0.25) is 0 Å². The van der Waals surface area contributed by atoms with Gasteiger partial charge in [-0.1, -0.05) is 23.7 Å².